The van der Waals surface area contributed by atoms with Crippen molar-refractivity contribution in [2.75, 3.05) is 0 Å². The molecule has 4 N–H and O–H groups in total. The molecular formula is C10H16N4O3. The van der Waals surface area contributed by atoms with E-state index in [2.05, 4.69) is 15.2 Å². The number of hydrogen-bond donors (Lipinski definition) is 3. The highest BCUT2D eigenvalue weighted by molar-refractivity contribution is 5.01. The zero-order valence-electron chi connectivity index (χ0n) is 9.44. The van der Waals surface area contributed by atoms with Gasteiger partial charge in [-0.3, -0.25) is 9.78 Å². The summed E-state index contributed by atoms with van der Waals surface area (Å²) in [6.07, 6.45) is 4.71. The second kappa shape index (κ2) is 5.13. The van der Waals surface area contributed by atoms with Crippen molar-refractivity contribution < 1.29 is 4.74 Å². The van der Waals surface area contributed by atoms with Crippen LogP contribution in [0.4, 0.5) is 0 Å². The molecule has 0 spiro atoms. The van der Waals surface area contributed by atoms with Gasteiger partial charge >= 0.3 is 11.2 Å². The van der Waals surface area contributed by atoms with Gasteiger partial charge in [-0.25, -0.2) is 9.89 Å². The fourth-order valence-electron chi connectivity index (χ4n) is 2.01. The fraction of sp³-hybridized carbons (Fsp3) is 0.700. The van der Waals surface area contributed by atoms with Gasteiger partial charge in [-0.2, -0.15) is 0 Å². The maximum Gasteiger partial charge on any atom is 0.342 e. The lowest BCUT2D eigenvalue weighted by molar-refractivity contribution is 0.151. The molecule has 17 heavy (non-hydrogen) atoms. The van der Waals surface area contributed by atoms with Crippen LogP contribution in [-0.2, 0) is 0 Å². The van der Waals surface area contributed by atoms with Crippen LogP contribution in [0.1, 0.15) is 32.1 Å². The summed E-state index contributed by atoms with van der Waals surface area (Å²) in [5, 5.41) is 5.71. The number of nitrogens with zero attached hydrogens (tertiary/aromatic N) is 1. The predicted molar refractivity (Wildman–Crippen MR) is 61.0 cm³/mol. The molecule has 2 rings (SSSR count). The third-order valence-electron chi connectivity index (χ3n) is 2.95. The quantitative estimate of drug-likeness (QED) is 0.603. The van der Waals surface area contributed by atoms with Crippen LogP contribution < -0.4 is 21.7 Å². The van der Waals surface area contributed by atoms with E-state index in [4.69, 9.17) is 10.5 Å². The van der Waals surface area contributed by atoms with Crippen LogP contribution in [0, 0.1) is 0 Å². The molecule has 1 aromatic rings. The third kappa shape index (κ3) is 2.94. The SMILES string of the molecule is NC1CCCCCC1Oc1n[nH]c(=O)[nH]c1=O. The lowest BCUT2D eigenvalue weighted by Crippen LogP contribution is -2.40. The lowest BCUT2D eigenvalue weighted by atomic mass is 10.1. The Morgan fingerprint density at radius 3 is 2.76 bits per heavy atom. The Hall–Kier alpha value is -1.63. The summed E-state index contributed by atoms with van der Waals surface area (Å²) in [5.74, 6) is -0.119. The van der Waals surface area contributed by atoms with Gasteiger partial charge in [0.1, 0.15) is 6.10 Å². The van der Waals surface area contributed by atoms with Crippen molar-refractivity contribution >= 4 is 0 Å². The first-order valence-corrected chi connectivity index (χ1v) is 5.78. The van der Waals surface area contributed by atoms with Crippen molar-refractivity contribution in [3.05, 3.63) is 20.8 Å². The Kier molecular flexibility index (Phi) is 3.58. The zero-order valence-corrected chi connectivity index (χ0v) is 9.44. The maximum absolute atomic E-state index is 11.4. The van der Waals surface area contributed by atoms with Crippen molar-refractivity contribution in [2.24, 2.45) is 5.73 Å². The van der Waals surface area contributed by atoms with E-state index in [1.165, 1.54) is 0 Å². The highest BCUT2D eigenvalue weighted by Gasteiger charge is 2.23. The van der Waals surface area contributed by atoms with Gasteiger partial charge in [-0.05, 0) is 19.3 Å². The molecular weight excluding hydrogens is 224 g/mol. The Balaban J connectivity index is 2.13. The smallest absolute Gasteiger partial charge is 0.342 e. The summed E-state index contributed by atoms with van der Waals surface area (Å²) >= 11 is 0. The van der Waals surface area contributed by atoms with E-state index in [-0.39, 0.29) is 18.0 Å². The first-order valence-electron chi connectivity index (χ1n) is 5.78. The average molecular weight is 240 g/mol. The second-order valence-electron chi connectivity index (χ2n) is 4.27. The van der Waals surface area contributed by atoms with Crippen LogP contribution in [-0.4, -0.2) is 27.3 Å². The van der Waals surface area contributed by atoms with Crippen LogP contribution >= 0.6 is 0 Å². The molecule has 7 nitrogen and oxygen atoms in total. The summed E-state index contributed by atoms with van der Waals surface area (Å²) in [6.45, 7) is 0. The molecule has 1 saturated carbocycles. The Bertz CT molecular complexity index is 481. The van der Waals surface area contributed by atoms with Gasteiger partial charge in [-0.15, -0.1) is 5.10 Å². The van der Waals surface area contributed by atoms with Crippen LogP contribution in [0.2, 0.25) is 0 Å². The van der Waals surface area contributed by atoms with Crippen molar-refractivity contribution in [3.8, 4) is 5.88 Å². The number of nitrogens with two attached hydrogens (primary N) is 1. The molecule has 2 unspecified atom stereocenters. The van der Waals surface area contributed by atoms with Gasteiger partial charge < -0.3 is 10.5 Å². The van der Waals surface area contributed by atoms with E-state index < -0.39 is 11.2 Å². The molecule has 94 valence electrons. The molecule has 0 radical (unpaired) electrons. The maximum atomic E-state index is 11.4. The van der Waals surface area contributed by atoms with Crippen LogP contribution in [0.3, 0.4) is 0 Å². The monoisotopic (exact) mass is 240 g/mol. The van der Waals surface area contributed by atoms with Crippen molar-refractivity contribution in [2.45, 2.75) is 44.2 Å². The minimum absolute atomic E-state index is 0.0920. The van der Waals surface area contributed by atoms with E-state index in [1.54, 1.807) is 0 Å². The predicted octanol–water partition coefficient (Wildman–Crippen LogP) is -0.503. The Morgan fingerprint density at radius 1 is 1.24 bits per heavy atom. The number of aromatic nitrogens is 3. The average Bonchev–Trinajstić information content (AvgIpc) is 2.48. The topological polar surface area (TPSA) is 114 Å². The van der Waals surface area contributed by atoms with Crippen molar-refractivity contribution in [1.29, 1.82) is 0 Å². The van der Waals surface area contributed by atoms with Gasteiger partial charge in [0.25, 0.3) is 5.88 Å². The summed E-state index contributed by atoms with van der Waals surface area (Å²) in [5.41, 5.74) is 4.70. The molecule has 0 amide bonds. The highest BCUT2D eigenvalue weighted by Crippen LogP contribution is 2.19. The van der Waals surface area contributed by atoms with Crippen LogP contribution in [0.15, 0.2) is 9.59 Å². The number of hydrogen-bond acceptors (Lipinski definition) is 5. The molecule has 0 aliphatic heterocycles. The molecule has 0 aromatic carbocycles. The van der Waals surface area contributed by atoms with Gasteiger partial charge in [0.05, 0.1) is 0 Å². The first-order chi connectivity index (χ1) is 8.16. The summed E-state index contributed by atoms with van der Waals surface area (Å²) in [7, 11) is 0. The first kappa shape index (κ1) is 11.8. The standard InChI is InChI=1S/C10H16N4O3/c11-6-4-2-1-3-5-7(6)17-9-8(15)12-10(16)14-13-9/h6-7H,1-5,11H2,(H2,12,14,15,16). The molecule has 0 saturated heterocycles. The molecule has 1 fully saturated rings. The molecule has 1 aromatic heterocycles. The molecule has 1 aliphatic rings. The molecule has 0 bridgehead atoms. The third-order valence-corrected chi connectivity index (χ3v) is 2.95. The van der Waals surface area contributed by atoms with Crippen molar-refractivity contribution in [1.82, 2.24) is 15.2 Å². The molecule has 1 heterocycles. The number of nitrogens with one attached hydrogen (secondary N) is 2. The summed E-state index contributed by atoms with van der Waals surface area (Å²) in [6, 6.07) is -0.0920. The Morgan fingerprint density at radius 2 is 2.00 bits per heavy atom. The molecule has 2 atom stereocenters. The number of ether oxygens (including phenoxy) is 1. The van der Waals surface area contributed by atoms with Crippen LogP contribution in [0.25, 0.3) is 0 Å². The Labute approximate surface area is 97.4 Å². The molecule has 7 heteroatoms. The fourth-order valence-corrected chi connectivity index (χ4v) is 2.01. The normalized spacial score (nSPS) is 25.2. The van der Waals surface area contributed by atoms with E-state index >= 15 is 0 Å². The van der Waals surface area contributed by atoms with E-state index in [1.807, 2.05) is 0 Å². The van der Waals surface area contributed by atoms with Crippen molar-refractivity contribution in [3.63, 3.8) is 0 Å². The van der Waals surface area contributed by atoms with Gasteiger partial charge in [0, 0.05) is 6.04 Å². The number of H-pyrrole nitrogens is 2. The zero-order chi connectivity index (χ0) is 12.3. The van der Waals surface area contributed by atoms with Crippen LogP contribution in [0.5, 0.6) is 5.88 Å². The second-order valence-corrected chi connectivity index (χ2v) is 4.27. The summed E-state index contributed by atoms with van der Waals surface area (Å²) < 4.78 is 5.48. The summed E-state index contributed by atoms with van der Waals surface area (Å²) in [4.78, 5) is 24.3. The molecule has 1 aliphatic carbocycles. The number of rotatable bonds is 2. The largest absolute Gasteiger partial charge is 0.468 e. The van der Waals surface area contributed by atoms with E-state index in [0.717, 1.165) is 32.1 Å². The minimum atomic E-state index is -0.646. The van der Waals surface area contributed by atoms with Gasteiger partial charge in [-0.1, -0.05) is 12.8 Å². The highest BCUT2D eigenvalue weighted by atomic mass is 16.5. The lowest BCUT2D eigenvalue weighted by Gasteiger charge is -2.21. The number of aromatic amines is 2. The van der Waals surface area contributed by atoms with E-state index in [0.29, 0.717) is 0 Å². The minimum Gasteiger partial charge on any atom is -0.468 e. The van der Waals surface area contributed by atoms with Gasteiger partial charge in [0.15, 0.2) is 0 Å². The van der Waals surface area contributed by atoms with E-state index in [9.17, 15) is 9.59 Å². The van der Waals surface area contributed by atoms with Gasteiger partial charge in [0.2, 0.25) is 0 Å².